The van der Waals surface area contributed by atoms with Gasteiger partial charge in [-0.05, 0) is 49.5 Å². The lowest BCUT2D eigenvalue weighted by atomic mass is 9.95. The molecule has 112 valence electrons. The summed E-state index contributed by atoms with van der Waals surface area (Å²) in [6, 6.07) is 8.85. The standard InChI is InChI=1S/C17H29N3/c1-14-8-10-20(11-9-14)13-16(12-18)15-4-6-17(7-5-15)19(2)3/h4-7,14,16H,8-13,18H2,1-3H3. The van der Waals surface area contributed by atoms with Gasteiger partial charge in [0.25, 0.3) is 0 Å². The molecular weight excluding hydrogens is 246 g/mol. The molecule has 1 saturated heterocycles. The molecule has 1 unspecified atom stereocenters. The van der Waals surface area contributed by atoms with Gasteiger partial charge in [0.1, 0.15) is 0 Å². The Morgan fingerprint density at radius 2 is 1.80 bits per heavy atom. The first-order valence-corrected chi connectivity index (χ1v) is 7.80. The van der Waals surface area contributed by atoms with Crippen LogP contribution in [0.25, 0.3) is 0 Å². The first kappa shape index (κ1) is 15.3. The van der Waals surface area contributed by atoms with Gasteiger partial charge in [-0.1, -0.05) is 19.1 Å². The molecule has 1 aliphatic rings. The number of hydrogen-bond acceptors (Lipinski definition) is 3. The number of hydrogen-bond donors (Lipinski definition) is 1. The summed E-state index contributed by atoms with van der Waals surface area (Å²) in [4.78, 5) is 4.71. The van der Waals surface area contributed by atoms with Gasteiger partial charge in [-0.2, -0.15) is 0 Å². The zero-order valence-electron chi connectivity index (χ0n) is 13.2. The summed E-state index contributed by atoms with van der Waals surface area (Å²) < 4.78 is 0. The minimum Gasteiger partial charge on any atom is -0.378 e. The van der Waals surface area contributed by atoms with Gasteiger partial charge in [0.2, 0.25) is 0 Å². The fourth-order valence-corrected chi connectivity index (χ4v) is 2.92. The molecule has 1 aliphatic heterocycles. The van der Waals surface area contributed by atoms with Crippen molar-refractivity contribution in [3.8, 4) is 0 Å². The van der Waals surface area contributed by atoms with Crippen molar-refractivity contribution in [2.24, 2.45) is 11.7 Å². The normalized spacial score (nSPS) is 19.0. The molecule has 0 spiro atoms. The fraction of sp³-hybridized carbons (Fsp3) is 0.647. The molecule has 1 heterocycles. The zero-order chi connectivity index (χ0) is 14.5. The Labute approximate surface area is 123 Å². The second-order valence-corrected chi connectivity index (χ2v) is 6.40. The molecule has 1 aromatic carbocycles. The predicted molar refractivity (Wildman–Crippen MR) is 87.4 cm³/mol. The Bertz CT molecular complexity index is 391. The summed E-state index contributed by atoms with van der Waals surface area (Å²) in [5.41, 5.74) is 8.63. The average molecular weight is 275 g/mol. The Balaban J connectivity index is 1.97. The summed E-state index contributed by atoms with van der Waals surface area (Å²) in [6.07, 6.45) is 2.66. The van der Waals surface area contributed by atoms with Gasteiger partial charge in [-0.25, -0.2) is 0 Å². The van der Waals surface area contributed by atoms with E-state index in [1.54, 1.807) is 0 Å². The minimum atomic E-state index is 0.458. The summed E-state index contributed by atoms with van der Waals surface area (Å²) >= 11 is 0. The summed E-state index contributed by atoms with van der Waals surface area (Å²) in [5, 5.41) is 0. The molecule has 0 aliphatic carbocycles. The lowest BCUT2D eigenvalue weighted by Crippen LogP contribution is -2.37. The Kier molecular flexibility index (Phi) is 5.44. The van der Waals surface area contributed by atoms with Gasteiger partial charge < -0.3 is 15.5 Å². The van der Waals surface area contributed by atoms with Gasteiger partial charge in [0.05, 0.1) is 0 Å². The molecule has 0 saturated carbocycles. The highest BCUT2D eigenvalue weighted by Gasteiger charge is 2.19. The number of piperidine rings is 1. The van der Waals surface area contributed by atoms with Crippen LogP contribution in [0.3, 0.4) is 0 Å². The molecule has 1 aromatic rings. The molecule has 20 heavy (non-hydrogen) atoms. The molecule has 0 aromatic heterocycles. The van der Waals surface area contributed by atoms with Crippen molar-refractivity contribution >= 4 is 5.69 Å². The molecular formula is C17H29N3. The second kappa shape index (κ2) is 7.09. The topological polar surface area (TPSA) is 32.5 Å². The van der Waals surface area contributed by atoms with Crippen molar-refractivity contribution in [1.82, 2.24) is 4.90 Å². The smallest absolute Gasteiger partial charge is 0.0361 e. The van der Waals surface area contributed by atoms with Crippen LogP contribution in [-0.2, 0) is 0 Å². The molecule has 2 rings (SSSR count). The van der Waals surface area contributed by atoms with Gasteiger partial charge in [0.15, 0.2) is 0 Å². The predicted octanol–water partition coefficient (Wildman–Crippen LogP) is 2.53. The van der Waals surface area contributed by atoms with E-state index in [9.17, 15) is 0 Å². The van der Waals surface area contributed by atoms with Crippen molar-refractivity contribution in [1.29, 1.82) is 0 Å². The van der Waals surface area contributed by atoms with Crippen LogP contribution in [-0.4, -0.2) is 45.2 Å². The van der Waals surface area contributed by atoms with Crippen LogP contribution in [0.4, 0.5) is 5.69 Å². The van der Waals surface area contributed by atoms with E-state index in [4.69, 9.17) is 5.73 Å². The van der Waals surface area contributed by atoms with E-state index < -0.39 is 0 Å². The van der Waals surface area contributed by atoms with Crippen LogP contribution >= 0.6 is 0 Å². The van der Waals surface area contributed by atoms with Gasteiger partial charge in [-0.3, -0.25) is 0 Å². The van der Waals surface area contributed by atoms with Crippen LogP contribution in [0.1, 0.15) is 31.2 Å². The monoisotopic (exact) mass is 275 g/mol. The fourth-order valence-electron chi connectivity index (χ4n) is 2.92. The van der Waals surface area contributed by atoms with Gasteiger partial charge in [0, 0.05) is 38.8 Å². The number of likely N-dealkylation sites (tertiary alicyclic amines) is 1. The number of nitrogens with zero attached hydrogens (tertiary/aromatic N) is 2. The molecule has 0 radical (unpaired) electrons. The second-order valence-electron chi connectivity index (χ2n) is 6.40. The minimum absolute atomic E-state index is 0.458. The summed E-state index contributed by atoms with van der Waals surface area (Å²) in [6.45, 7) is 6.65. The molecule has 3 nitrogen and oxygen atoms in total. The van der Waals surface area contributed by atoms with Crippen molar-refractivity contribution in [2.45, 2.75) is 25.7 Å². The Hall–Kier alpha value is -1.06. The van der Waals surface area contributed by atoms with Crippen LogP contribution in [0.15, 0.2) is 24.3 Å². The molecule has 3 heteroatoms. The van der Waals surface area contributed by atoms with E-state index >= 15 is 0 Å². The third-order valence-electron chi connectivity index (χ3n) is 4.52. The maximum Gasteiger partial charge on any atom is 0.0361 e. The van der Waals surface area contributed by atoms with E-state index in [0.29, 0.717) is 5.92 Å². The van der Waals surface area contributed by atoms with Gasteiger partial charge >= 0.3 is 0 Å². The maximum absolute atomic E-state index is 6.01. The summed E-state index contributed by atoms with van der Waals surface area (Å²) in [5.74, 6) is 1.35. The number of anilines is 1. The van der Waals surface area contributed by atoms with E-state index in [1.165, 1.54) is 37.2 Å². The number of nitrogens with two attached hydrogens (primary N) is 1. The van der Waals surface area contributed by atoms with Crippen molar-refractivity contribution < 1.29 is 0 Å². The van der Waals surface area contributed by atoms with E-state index in [2.05, 4.69) is 55.1 Å². The first-order valence-electron chi connectivity index (χ1n) is 7.80. The number of rotatable bonds is 5. The van der Waals surface area contributed by atoms with Crippen LogP contribution in [0.5, 0.6) is 0 Å². The van der Waals surface area contributed by atoms with Crippen LogP contribution in [0, 0.1) is 5.92 Å². The van der Waals surface area contributed by atoms with Crippen molar-refractivity contribution in [2.75, 3.05) is 45.2 Å². The quantitative estimate of drug-likeness (QED) is 0.896. The van der Waals surface area contributed by atoms with Crippen LogP contribution < -0.4 is 10.6 Å². The van der Waals surface area contributed by atoms with E-state index in [0.717, 1.165) is 19.0 Å². The highest BCUT2D eigenvalue weighted by atomic mass is 15.1. The molecule has 1 fully saturated rings. The third-order valence-corrected chi connectivity index (χ3v) is 4.52. The Morgan fingerprint density at radius 3 is 2.30 bits per heavy atom. The summed E-state index contributed by atoms with van der Waals surface area (Å²) in [7, 11) is 4.15. The molecule has 0 bridgehead atoms. The third kappa shape index (κ3) is 3.97. The molecule has 1 atom stereocenters. The number of benzene rings is 1. The van der Waals surface area contributed by atoms with E-state index in [1.807, 2.05) is 0 Å². The highest BCUT2D eigenvalue weighted by molar-refractivity contribution is 5.46. The van der Waals surface area contributed by atoms with Crippen molar-refractivity contribution in [3.05, 3.63) is 29.8 Å². The largest absolute Gasteiger partial charge is 0.378 e. The zero-order valence-corrected chi connectivity index (χ0v) is 13.2. The lowest BCUT2D eigenvalue weighted by molar-refractivity contribution is 0.183. The van der Waals surface area contributed by atoms with E-state index in [-0.39, 0.29) is 0 Å². The highest BCUT2D eigenvalue weighted by Crippen LogP contribution is 2.23. The molecule has 0 amide bonds. The maximum atomic E-state index is 6.01. The molecule has 2 N–H and O–H groups in total. The SMILES string of the molecule is CC1CCN(CC(CN)c2ccc(N(C)C)cc2)CC1. The lowest BCUT2D eigenvalue weighted by Gasteiger charge is -2.33. The van der Waals surface area contributed by atoms with Crippen LogP contribution in [0.2, 0.25) is 0 Å². The Morgan fingerprint density at radius 1 is 1.20 bits per heavy atom. The average Bonchev–Trinajstić information content (AvgIpc) is 2.47. The first-order chi connectivity index (χ1) is 9.60. The van der Waals surface area contributed by atoms with Gasteiger partial charge in [-0.15, -0.1) is 0 Å². The van der Waals surface area contributed by atoms with Crippen molar-refractivity contribution in [3.63, 3.8) is 0 Å².